The van der Waals surface area contributed by atoms with Gasteiger partial charge in [-0.15, -0.1) is 0 Å². The number of nitrogens with zero attached hydrogens (tertiary/aromatic N) is 1. The molecule has 0 radical (unpaired) electrons. The number of carbonyl (C=O) groups excluding carboxylic acids is 2. The highest BCUT2D eigenvalue weighted by molar-refractivity contribution is 9.10. The first-order valence-corrected chi connectivity index (χ1v) is 12.4. The van der Waals surface area contributed by atoms with Crippen LogP contribution in [0.3, 0.4) is 0 Å². The van der Waals surface area contributed by atoms with Crippen molar-refractivity contribution >= 4 is 34.0 Å². The fourth-order valence-corrected chi connectivity index (χ4v) is 3.83. The summed E-state index contributed by atoms with van der Waals surface area (Å²) in [5, 5.41) is 6.82. The average molecular weight is 548 g/mol. The summed E-state index contributed by atoms with van der Waals surface area (Å²) in [6.45, 7) is 10.4. The zero-order valence-corrected chi connectivity index (χ0v) is 22.5. The van der Waals surface area contributed by atoms with Gasteiger partial charge in [0.2, 0.25) is 0 Å². The summed E-state index contributed by atoms with van der Waals surface area (Å²) >= 11 is 3.49. The van der Waals surface area contributed by atoms with Gasteiger partial charge in [0.1, 0.15) is 11.8 Å². The van der Waals surface area contributed by atoms with Gasteiger partial charge in [-0.05, 0) is 78.4 Å². The Morgan fingerprint density at radius 2 is 1.77 bits per heavy atom. The normalized spacial score (nSPS) is 11.9. The highest BCUT2D eigenvalue weighted by Gasteiger charge is 2.22. The molecule has 0 heterocycles. The Labute approximate surface area is 215 Å². The molecule has 9 heteroatoms. The molecule has 0 fully saturated rings. The van der Waals surface area contributed by atoms with Crippen LogP contribution in [0.2, 0.25) is 0 Å². The molecule has 0 bridgehead atoms. The van der Waals surface area contributed by atoms with Crippen molar-refractivity contribution in [2.45, 2.75) is 47.1 Å². The summed E-state index contributed by atoms with van der Waals surface area (Å²) in [6, 6.07) is 10.3. The Morgan fingerprint density at radius 3 is 2.43 bits per heavy atom. The minimum atomic E-state index is -0.744. The van der Waals surface area contributed by atoms with Crippen LogP contribution in [0.5, 0.6) is 17.2 Å². The fourth-order valence-electron chi connectivity index (χ4n) is 3.26. The predicted octanol–water partition coefficient (Wildman–Crippen LogP) is 4.61. The summed E-state index contributed by atoms with van der Waals surface area (Å²) in [5.41, 5.74) is 4.16. The quantitative estimate of drug-likeness (QED) is 0.281. The summed E-state index contributed by atoms with van der Waals surface area (Å²) < 4.78 is 17.6. The number of rotatable bonds is 13. The van der Waals surface area contributed by atoms with Crippen LogP contribution in [-0.4, -0.2) is 43.9 Å². The summed E-state index contributed by atoms with van der Waals surface area (Å²) in [5.74, 6) is 1.22. The maximum absolute atomic E-state index is 12.8. The van der Waals surface area contributed by atoms with E-state index in [-0.39, 0.29) is 18.4 Å². The van der Waals surface area contributed by atoms with E-state index in [0.717, 1.165) is 10.0 Å². The van der Waals surface area contributed by atoms with E-state index in [1.54, 1.807) is 12.1 Å². The smallest absolute Gasteiger partial charge is 0.262 e. The van der Waals surface area contributed by atoms with Gasteiger partial charge < -0.3 is 19.5 Å². The topological polar surface area (TPSA) is 98.2 Å². The number of amides is 2. The van der Waals surface area contributed by atoms with E-state index >= 15 is 0 Å². The second-order valence-electron chi connectivity index (χ2n) is 8.23. The van der Waals surface area contributed by atoms with E-state index < -0.39 is 11.9 Å². The molecule has 2 rings (SSSR count). The molecule has 1 atom stereocenters. The van der Waals surface area contributed by atoms with Gasteiger partial charge >= 0.3 is 0 Å². The lowest BCUT2D eigenvalue weighted by Gasteiger charge is -2.19. The van der Waals surface area contributed by atoms with Crippen LogP contribution in [0.25, 0.3) is 0 Å². The number of halogens is 1. The lowest BCUT2D eigenvalue weighted by molar-refractivity contribution is -0.130. The standard InChI is InChI=1S/C26H34BrN3O5/c1-6-33-23-14-19(13-20(27)25(23)34-7-2)15-28-30-26(32)21(12-17(3)4)29-24(31)16-35-22-11-9-8-10-18(22)5/h8-11,13-15,17,21H,6-7,12,16H2,1-5H3,(H,29,31)(H,30,32)/b28-15-/t21-/m0/s1. The van der Waals surface area contributed by atoms with E-state index in [1.807, 2.05) is 58.9 Å². The summed E-state index contributed by atoms with van der Waals surface area (Å²) in [6.07, 6.45) is 1.97. The minimum Gasteiger partial charge on any atom is -0.490 e. The first kappa shape index (κ1) is 28.2. The van der Waals surface area contributed by atoms with Crippen molar-refractivity contribution in [3.63, 3.8) is 0 Å². The molecule has 2 aromatic rings. The van der Waals surface area contributed by atoms with Crippen molar-refractivity contribution < 1.29 is 23.8 Å². The van der Waals surface area contributed by atoms with Crippen LogP contribution < -0.4 is 25.0 Å². The molecule has 35 heavy (non-hydrogen) atoms. The molecule has 0 aromatic heterocycles. The Hall–Kier alpha value is -3.07. The van der Waals surface area contributed by atoms with E-state index in [4.69, 9.17) is 14.2 Å². The van der Waals surface area contributed by atoms with Gasteiger partial charge in [-0.2, -0.15) is 5.10 Å². The molecule has 8 nitrogen and oxygen atoms in total. The minimum absolute atomic E-state index is 0.183. The molecule has 0 aliphatic heterocycles. The van der Waals surface area contributed by atoms with E-state index in [2.05, 4.69) is 31.8 Å². The largest absolute Gasteiger partial charge is 0.490 e. The average Bonchev–Trinajstić information content (AvgIpc) is 2.80. The molecule has 0 aliphatic carbocycles. The molecular formula is C26H34BrN3O5. The van der Waals surface area contributed by atoms with Crippen LogP contribution in [0.4, 0.5) is 0 Å². The first-order valence-electron chi connectivity index (χ1n) is 11.6. The van der Waals surface area contributed by atoms with Gasteiger partial charge in [0.25, 0.3) is 11.8 Å². The molecule has 2 amide bonds. The number of carbonyl (C=O) groups is 2. The van der Waals surface area contributed by atoms with Gasteiger partial charge in [-0.3, -0.25) is 9.59 Å². The van der Waals surface area contributed by atoms with Crippen LogP contribution >= 0.6 is 15.9 Å². The Bertz CT molecular complexity index is 1030. The van der Waals surface area contributed by atoms with Gasteiger partial charge in [0, 0.05) is 0 Å². The lowest BCUT2D eigenvalue weighted by atomic mass is 10.0. The molecule has 0 spiro atoms. The molecule has 0 saturated heterocycles. The molecular weight excluding hydrogens is 514 g/mol. The van der Waals surface area contributed by atoms with Crippen molar-refractivity contribution in [2.24, 2.45) is 11.0 Å². The second-order valence-corrected chi connectivity index (χ2v) is 9.09. The summed E-state index contributed by atoms with van der Waals surface area (Å²) in [7, 11) is 0. The highest BCUT2D eigenvalue weighted by atomic mass is 79.9. The predicted molar refractivity (Wildman–Crippen MR) is 140 cm³/mol. The Morgan fingerprint density at radius 1 is 1.06 bits per heavy atom. The van der Waals surface area contributed by atoms with Crippen LogP contribution in [0.1, 0.15) is 45.2 Å². The molecule has 0 saturated carbocycles. The van der Waals surface area contributed by atoms with Gasteiger partial charge in [0.05, 0.1) is 23.9 Å². The lowest BCUT2D eigenvalue weighted by Crippen LogP contribution is -2.47. The van der Waals surface area contributed by atoms with E-state index in [0.29, 0.717) is 42.4 Å². The number of hydrogen-bond donors (Lipinski definition) is 2. The SMILES string of the molecule is CCOc1cc(/C=N\NC(=O)[C@H](CC(C)C)NC(=O)COc2ccccc2C)cc(Br)c1OCC. The summed E-state index contributed by atoms with van der Waals surface area (Å²) in [4.78, 5) is 25.2. The number of nitrogens with one attached hydrogen (secondary N) is 2. The van der Waals surface area contributed by atoms with Crippen LogP contribution in [-0.2, 0) is 9.59 Å². The number of ether oxygens (including phenoxy) is 3. The third kappa shape index (κ3) is 9.24. The monoisotopic (exact) mass is 547 g/mol. The number of benzene rings is 2. The van der Waals surface area contributed by atoms with Crippen molar-refractivity contribution in [2.75, 3.05) is 19.8 Å². The first-order chi connectivity index (χ1) is 16.7. The molecule has 0 aliphatic rings. The van der Waals surface area contributed by atoms with Crippen molar-refractivity contribution in [1.82, 2.24) is 10.7 Å². The van der Waals surface area contributed by atoms with Crippen molar-refractivity contribution in [1.29, 1.82) is 0 Å². The van der Waals surface area contributed by atoms with E-state index in [1.165, 1.54) is 6.21 Å². The van der Waals surface area contributed by atoms with E-state index in [9.17, 15) is 9.59 Å². The maximum atomic E-state index is 12.8. The van der Waals surface area contributed by atoms with Crippen molar-refractivity contribution in [3.8, 4) is 17.2 Å². The number of aryl methyl sites for hydroxylation is 1. The Balaban J connectivity index is 2.02. The second kappa shape index (κ2) is 14.4. The molecule has 0 unspecified atom stereocenters. The van der Waals surface area contributed by atoms with Crippen LogP contribution in [0, 0.1) is 12.8 Å². The molecule has 2 aromatic carbocycles. The fraction of sp³-hybridized carbons (Fsp3) is 0.423. The highest BCUT2D eigenvalue weighted by Crippen LogP contribution is 2.36. The third-order valence-electron chi connectivity index (χ3n) is 4.82. The number of hydrogen-bond acceptors (Lipinski definition) is 6. The number of para-hydroxylation sites is 1. The van der Waals surface area contributed by atoms with Crippen molar-refractivity contribution in [3.05, 3.63) is 52.0 Å². The maximum Gasteiger partial charge on any atom is 0.262 e. The van der Waals surface area contributed by atoms with Gasteiger partial charge in [0.15, 0.2) is 18.1 Å². The molecule has 190 valence electrons. The van der Waals surface area contributed by atoms with Gasteiger partial charge in [-0.1, -0.05) is 32.0 Å². The Kier molecular flexibility index (Phi) is 11.6. The zero-order valence-electron chi connectivity index (χ0n) is 20.9. The third-order valence-corrected chi connectivity index (χ3v) is 5.41. The molecule has 2 N–H and O–H groups in total. The number of hydrazone groups is 1. The van der Waals surface area contributed by atoms with Gasteiger partial charge in [-0.25, -0.2) is 5.43 Å². The van der Waals surface area contributed by atoms with Crippen LogP contribution in [0.15, 0.2) is 46.0 Å². The zero-order chi connectivity index (χ0) is 25.8.